The number of aromatic nitrogens is 2. The van der Waals surface area contributed by atoms with E-state index in [9.17, 15) is 9.59 Å². The van der Waals surface area contributed by atoms with Gasteiger partial charge in [0.2, 0.25) is 11.8 Å². The SMILES string of the molecule is C=CC(=O)N(CC)CC(=O)NCc1c(C)n[nH]c1C. The molecule has 6 nitrogen and oxygen atoms in total. The second-order valence-electron chi connectivity index (χ2n) is 4.25. The highest BCUT2D eigenvalue weighted by Gasteiger charge is 2.13. The van der Waals surface area contributed by atoms with Crippen molar-refractivity contribution in [3.8, 4) is 0 Å². The first-order valence-electron chi connectivity index (χ1n) is 6.18. The van der Waals surface area contributed by atoms with Gasteiger partial charge in [0, 0.05) is 24.3 Å². The standard InChI is InChI=1S/C13H20N4O2/c1-5-13(19)17(6-2)8-12(18)14-7-11-9(3)15-16-10(11)4/h5H,1,6-8H2,2-4H3,(H,14,18)(H,15,16). The van der Waals surface area contributed by atoms with E-state index in [0.717, 1.165) is 17.0 Å². The van der Waals surface area contributed by atoms with Crippen LogP contribution in [0.25, 0.3) is 0 Å². The van der Waals surface area contributed by atoms with Gasteiger partial charge >= 0.3 is 0 Å². The molecule has 0 aliphatic carbocycles. The molecule has 2 N–H and O–H groups in total. The summed E-state index contributed by atoms with van der Waals surface area (Å²) in [6, 6.07) is 0. The highest BCUT2D eigenvalue weighted by atomic mass is 16.2. The largest absolute Gasteiger partial charge is 0.350 e. The molecule has 0 unspecified atom stereocenters. The van der Waals surface area contributed by atoms with E-state index in [2.05, 4.69) is 22.1 Å². The van der Waals surface area contributed by atoms with Gasteiger partial charge in [-0.1, -0.05) is 6.58 Å². The predicted octanol–water partition coefficient (Wildman–Crippen LogP) is 0.677. The summed E-state index contributed by atoms with van der Waals surface area (Å²) in [5, 5.41) is 9.70. The number of carbonyl (C=O) groups excluding carboxylic acids is 2. The molecule has 1 aromatic heterocycles. The number of nitrogens with zero attached hydrogens (tertiary/aromatic N) is 2. The Morgan fingerprint density at radius 2 is 2.16 bits per heavy atom. The number of amides is 2. The second kappa shape index (κ2) is 6.72. The molecular formula is C13H20N4O2. The average Bonchev–Trinajstić information content (AvgIpc) is 2.72. The molecule has 0 saturated heterocycles. The Morgan fingerprint density at radius 1 is 1.47 bits per heavy atom. The van der Waals surface area contributed by atoms with E-state index in [1.165, 1.54) is 11.0 Å². The third kappa shape index (κ3) is 3.94. The minimum Gasteiger partial charge on any atom is -0.350 e. The first kappa shape index (κ1) is 14.9. The maximum Gasteiger partial charge on any atom is 0.246 e. The molecule has 19 heavy (non-hydrogen) atoms. The molecule has 0 aliphatic rings. The lowest BCUT2D eigenvalue weighted by Gasteiger charge is -2.18. The summed E-state index contributed by atoms with van der Waals surface area (Å²) in [6.45, 7) is 9.94. The molecule has 6 heteroatoms. The lowest BCUT2D eigenvalue weighted by Crippen LogP contribution is -2.39. The highest BCUT2D eigenvalue weighted by molar-refractivity contribution is 5.90. The number of aryl methyl sites for hydroxylation is 2. The van der Waals surface area contributed by atoms with Gasteiger partial charge in [-0.25, -0.2) is 0 Å². The van der Waals surface area contributed by atoms with Crippen molar-refractivity contribution in [2.24, 2.45) is 0 Å². The van der Waals surface area contributed by atoms with Gasteiger partial charge < -0.3 is 10.2 Å². The molecule has 2 amide bonds. The fourth-order valence-corrected chi connectivity index (χ4v) is 1.73. The molecule has 0 bridgehead atoms. The Bertz CT molecular complexity index is 459. The Hall–Kier alpha value is -2.11. The first-order valence-corrected chi connectivity index (χ1v) is 6.18. The zero-order valence-corrected chi connectivity index (χ0v) is 11.6. The maximum absolute atomic E-state index is 11.8. The fraction of sp³-hybridized carbons (Fsp3) is 0.462. The van der Waals surface area contributed by atoms with Gasteiger partial charge in [-0.2, -0.15) is 5.10 Å². The van der Waals surface area contributed by atoms with E-state index in [1.54, 1.807) is 0 Å². The lowest BCUT2D eigenvalue weighted by atomic mass is 10.2. The molecule has 0 atom stereocenters. The summed E-state index contributed by atoms with van der Waals surface area (Å²) in [4.78, 5) is 24.6. The smallest absolute Gasteiger partial charge is 0.246 e. The number of H-pyrrole nitrogens is 1. The van der Waals surface area contributed by atoms with E-state index in [1.807, 2.05) is 20.8 Å². The van der Waals surface area contributed by atoms with Crippen LogP contribution >= 0.6 is 0 Å². The van der Waals surface area contributed by atoms with Crippen LogP contribution < -0.4 is 5.32 Å². The maximum atomic E-state index is 11.8. The van der Waals surface area contributed by atoms with Crippen LogP contribution in [-0.2, 0) is 16.1 Å². The van der Waals surface area contributed by atoms with Crippen molar-refractivity contribution in [3.63, 3.8) is 0 Å². The van der Waals surface area contributed by atoms with Crippen LogP contribution in [0.2, 0.25) is 0 Å². The zero-order chi connectivity index (χ0) is 14.4. The Labute approximate surface area is 112 Å². The number of hydrogen-bond acceptors (Lipinski definition) is 3. The summed E-state index contributed by atoms with van der Waals surface area (Å²) >= 11 is 0. The Kier molecular flexibility index (Phi) is 5.29. The lowest BCUT2D eigenvalue weighted by molar-refractivity contribution is -0.132. The van der Waals surface area contributed by atoms with E-state index in [-0.39, 0.29) is 18.4 Å². The number of aromatic amines is 1. The molecule has 1 heterocycles. The number of rotatable bonds is 6. The van der Waals surface area contributed by atoms with Crippen molar-refractivity contribution in [2.45, 2.75) is 27.3 Å². The van der Waals surface area contributed by atoms with Crippen molar-refractivity contribution in [2.75, 3.05) is 13.1 Å². The topological polar surface area (TPSA) is 78.1 Å². The summed E-state index contributed by atoms with van der Waals surface area (Å²) in [5.41, 5.74) is 2.78. The van der Waals surface area contributed by atoms with E-state index in [0.29, 0.717) is 13.1 Å². The summed E-state index contributed by atoms with van der Waals surface area (Å²) in [5.74, 6) is -0.439. The van der Waals surface area contributed by atoms with Crippen molar-refractivity contribution >= 4 is 11.8 Å². The first-order chi connectivity index (χ1) is 8.99. The highest BCUT2D eigenvalue weighted by Crippen LogP contribution is 2.08. The van der Waals surface area contributed by atoms with Crippen molar-refractivity contribution in [1.29, 1.82) is 0 Å². The third-order valence-corrected chi connectivity index (χ3v) is 2.95. The van der Waals surface area contributed by atoms with Gasteiger partial charge in [0.1, 0.15) is 0 Å². The van der Waals surface area contributed by atoms with Crippen molar-refractivity contribution < 1.29 is 9.59 Å². The predicted molar refractivity (Wildman–Crippen MR) is 72.4 cm³/mol. The van der Waals surface area contributed by atoms with Gasteiger partial charge in [-0.15, -0.1) is 0 Å². The zero-order valence-electron chi connectivity index (χ0n) is 11.6. The second-order valence-corrected chi connectivity index (χ2v) is 4.25. The number of likely N-dealkylation sites (N-methyl/N-ethyl adjacent to an activating group) is 1. The Balaban J connectivity index is 2.52. The fourth-order valence-electron chi connectivity index (χ4n) is 1.73. The van der Waals surface area contributed by atoms with Crippen molar-refractivity contribution in [1.82, 2.24) is 20.4 Å². The van der Waals surface area contributed by atoms with E-state index >= 15 is 0 Å². The molecule has 1 rings (SSSR count). The minimum absolute atomic E-state index is 0.0390. The molecule has 0 spiro atoms. The molecule has 0 radical (unpaired) electrons. The summed E-state index contributed by atoms with van der Waals surface area (Å²) in [7, 11) is 0. The van der Waals surface area contributed by atoms with Crippen LogP contribution in [0.1, 0.15) is 23.9 Å². The summed E-state index contributed by atoms with van der Waals surface area (Å²) < 4.78 is 0. The minimum atomic E-state index is -0.242. The summed E-state index contributed by atoms with van der Waals surface area (Å²) in [6.07, 6.45) is 1.21. The molecule has 104 valence electrons. The van der Waals surface area contributed by atoms with E-state index < -0.39 is 0 Å². The third-order valence-electron chi connectivity index (χ3n) is 2.95. The molecule has 1 aromatic rings. The van der Waals surface area contributed by atoms with Gasteiger partial charge in [-0.05, 0) is 26.8 Å². The molecule has 0 saturated carbocycles. The van der Waals surface area contributed by atoms with Gasteiger partial charge in [0.25, 0.3) is 0 Å². The number of nitrogens with one attached hydrogen (secondary N) is 2. The van der Waals surface area contributed by atoms with Crippen LogP contribution in [0.3, 0.4) is 0 Å². The van der Waals surface area contributed by atoms with Crippen LogP contribution in [0.4, 0.5) is 0 Å². The number of hydrogen-bond donors (Lipinski definition) is 2. The Morgan fingerprint density at radius 3 is 2.63 bits per heavy atom. The van der Waals surface area contributed by atoms with Gasteiger partial charge in [0.05, 0.1) is 12.2 Å². The molecule has 0 aromatic carbocycles. The normalized spacial score (nSPS) is 10.1. The van der Waals surface area contributed by atoms with Crippen LogP contribution in [0.15, 0.2) is 12.7 Å². The van der Waals surface area contributed by atoms with Crippen LogP contribution in [0, 0.1) is 13.8 Å². The molecule has 0 fully saturated rings. The quantitative estimate of drug-likeness (QED) is 0.742. The van der Waals surface area contributed by atoms with Crippen molar-refractivity contribution in [3.05, 3.63) is 29.6 Å². The monoisotopic (exact) mass is 264 g/mol. The number of carbonyl (C=O) groups is 2. The van der Waals surface area contributed by atoms with Crippen LogP contribution in [0.5, 0.6) is 0 Å². The van der Waals surface area contributed by atoms with Crippen LogP contribution in [-0.4, -0.2) is 40.0 Å². The van der Waals surface area contributed by atoms with Gasteiger partial charge in [0.15, 0.2) is 0 Å². The molecule has 0 aliphatic heterocycles. The average molecular weight is 264 g/mol. The van der Waals surface area contributed by atoms with E-state index in [4.69, 9.17) is 0 Å². The molecular weight excluding hydrogens is 244 g/mol. The van der Waals surface area contributed by atoms with Gasteiger partial charge in [-0.3, -0.25) is 14.7 Å².